The van der Waals surface area contributed by atoms with Gasteiger partial charge in [0, 0.05) is 0 Å². The van der Waals surface area contributed by atoms with E-state index < -0.39 is 18.3 Å². The maximum absolute atomic E-state index is 9.72. The second kappa shape index (κ2) is 6.07. The molecule has 1 fully saturated rings. The van der Waals surface area contributed by atoms with Crippen molar-refractivity contribution in [1.82, 2.24) is 0 Å². The number of hydrogen-bond acceptors (Lipinski definition) is 4. The SMILES string of the molecule is COc1cc(C)cc(C=C(CO)B2OC(C)(C)C(C)(C)O2)c1. The fourth-order valence-corrected chi connectivity index (χ4v) is 2.37. The first-order valence-corrected chi connectivity index (χ1v) is 7.51. The minimum absolute atomic E-state index is 0.118. The van der Waals surface area contributed by atoms with Crippen molar-refractivity contribution in [3.63, 3.8) is 0 Å². The maximum Gasteiger partial charge on any atom is 0.492 e. The third-order valence-corrected chi connectivity index (χ3v) is 4.40. The van der Waals surface area contributed by atoms with Gasteiger partial charge in [0.15, 0.2) is 0 Å². The highest BCUT2D eigenvalue weighted by molar-refractivity contribution is 6.55. The van der Waals surface area contributed by atoms with E-state index in [0.29, 0.717) is 5.47 Å². The summed E-state index contributed by atoms with van der Waals surface area (Å²) in [5.41, 5.74) is 1.91. The molecule has 1 saturated heterocycles. The zero-order valence-electron chi connectivity index (χ0n) is 14.3. The normalized spacial score (nSPS) is 20.3. The van der Waals surface area contributed by atoms with Gasteiger partial charge in [-0.25, -0.2) is 0 Å². The lowest BCUT2D eigenvalue weighted by Crippen LogP contribution is -2.41. The van der Waals surface area contributed by atoms with E-state index in [-0.39, 0.29) is 6.61 Å². The molecule has 0 amide bonds. The first kappa shape index (κ1) is 17.1. The standard InChI is InChI=1S/C17H25BO4/c1-12-7-13(10-15(8-12)20-6)9-14(11-19)18-21-16(2,3)17(4,5)22-18/h7-10,19H,11H2,1-6H3. The van der Waals surface area contributed by atoms with Crippen molar-refractivity contribution < 1.29 is 19.2 Å². The Balaban J connectivity index is 2.31. The van der Waals surface area contributed by atoms with Gasteiger partial charge in [0.25, 0.3) is 0 Å². The summed E-state index contributed by atoms with van der Waals surface area (Å²) in [5, 5.41) is 9.72. The van der Waals surface area contributed by atoms with Crippen LogP contribution in [0.4, 0.5) is 0 Å². The second-order valence-electron chi connectivity index (χ2n) is 6.75. The molecule has 0 atom stereocenters. The van der Waals surface area contributed by atoms with E-state index in [9.17, 15) is 5.11 Å². The van der Waals surface area contributed by atoms with Gasteiger partial charge in [0.1, 0.15) is 5.75 Å². The number of ether oxygens (including phenoxy) is 1. The molecule has 1 heterocycles. The van der Waals surface area contributed by atoms with E-state index in [0.717, 1.165) is 16.9 Å². The summed E-state index contributed by atoms with van der Waals surface area (Å²) in [4.78, 5) is 0. The van der Waals surface area contributed by atoms with E-state index >= 15 is 0 Å². The number of aliphatic hydroxyl groups excluding tert-OH is 1. The van der Waals surface area contributed by atoms with Gasteiger partial charge < -0.3 is 19.2 Å². The zero-order valence-corrected chi connectivity index (χ0v) is 14.3. The highest BCUT2D eigenvalue weighted by Crippen LogP contribution is 2.38. The topological polar surface area (TPSA) is 47.9 Å². The fraction of sp³-hybridized carbons (Fsp3) is 0.529. The molecule has 0 saturated carbocycles. The fourth-order valence-electron chi connectivity index (χ4n) is 2.37. The number of hydrogen-bond donors (Lipinski definition) is 1. The smallest absolute Gasteiger partial charge is 0.492 e. The van der Waals surface area contributed by atoms with Crippen molar-refractivity contribution in [2.45, 2.75) is 45.8 Å². The van der Waals surface area contributed by atoms with Crippen LogP contribution >= 0.6 is 0 Å². The Morgan fingerprint density at radius 2 is 1.77 bits per heavy atom. The molecule has 1 aliphatic heterocycles. The van der Waals surface area contributed by atoms with Crippen LogP contribution in [0.25, 0.3) is 6.08 Å². The average Bonchev–Trinajstić information content (AvgIpc) is 2.64. The molecule has 0 spiro atoms. The van der Waals surface area contributed by atoms with Crippen LogP contribution in [-0.2, 0) is 9.31 Å². The zero-order chi connectivity index (χ0) is 16.5. The van der Waals surface area contributed by atoms with E-state index in [1.807, 2.05) is 58.9 Å². The molecule has 2 rings (SSSR count). The van der Waals surface area contributed by atoms with Gasteiger partial charge in [-0.05, 0) is 63.4 Å². The van der Waals surface area contributed by atoms with Crippen molar-refractivity contribution in [2.75, 3.05) is 13.7 Å². The Labute approximate surface area is 133 Å². The molecule has 4 nitrogen and oxygen atoms in total. The third kappa shape index (κ3) is 3.37. The van der Waals surface area contributed by atoms with Gasteiger partial charge in [0.2, 0.25) is 0 Å². The minimum Gasteiger partial charge on any atom is -0.497 e. The molecule has 0 aromatic heterocycles. The molecule has 5 heteroatoms. The van der Waals surface area contributed by atoms with Crippen LogP contribution in [0.2, 0.25) is 0 Å². The van der Waals surface area contributed by atoms with Crippen LogP contribution in [-0.4, -0.2) is 37.1 Å². The van der Waals surface area contributed by atoms with Crippen molar-refractivity contribution >= 4 is 13.2 Å². The summed E-state index contributed by atoms with van der Waals surface area (Å²) in [6.07, 6.45) is 1.90. The molecule has 1 aliphatic rings. The lowest BCUT2D eigenvalue weighted by atomic mass is 9.77. The van der Waals surface area contributed by atoms with Gasteiger partial charge >= 0.3 is 7.12 Å². The second-order valence-corrected chi connectivity index (χ2v) is 6.75. The predicted molar refractivity (Wildman–Crippen MR) is 88.9 cm³/mol. The molecular weight excluding hydrogens is 279 g/mol. The molecule has 1 aromatic rings. The van der Waals surface area contributed by atoms with Crippen molar-refractivity contribution in [3.05, 3.63) is 34.8 Å². The number of benzene rings is 1. The Kier molecular flexibility index (Phi) is 4.71. The largest absolute Gasteiger partial charge is 0.497 e. The van der Waals surface area contributed by atoms with Crippen molar-refractivity contribution in [3.8, 4) is 5.75 Å². The van der Waals surface area contributed by atoms with Crippen LogP contribution in [0.1, 0.15) is 38.8 Å². The average molecular weight is 304 g/mol. The van der Waals surface area contributed by atoms with Crippen molar-refractivity contribution in [1.29, 1.82) is 0 Å². The van der Waals surface area contributed by atoms with Crippen molar-refractivity contribution in [2.24, 2.45) is 0 Å². The maximum atomic E-state index is 9.72. The summed E-state index contributed by atoms with van der Waals surface area (Å²) in [5.74, 6) is 0.789. The number of methoxy groups -OCH3 is 1. The quantitative estimate of drug-likeness (QED) is 0.869. The summed E-state index contributed by atoms with van der Waals surface area (Å²) < 4.78 is 17.3. The van der Waals surface area contributed by atoms with E-state index in [2.05, 4.69) is 0 Å². The molecule has 1 aromatic carbocycles. The van der Waals surface area contributed by atoms with Gasteiger partial charge in [-0.2, -0.15) is 0 Å². The molecule has 0 bridgehead atoms. The number of rotatable bonds is 4. The Bertz CT molecular complexity index is 562. The lowest BCUT2D eigenvalue weighted by molar-refractivity contribution is 0.00578. The molecule has 0 aliphatic carbocycles. The summed E-state index contributed by atoms with van der Waals surface area (Å²) in [6, 6.07) is 5.92. The van der Waals surface area contributed by atoms with E-state index in [4.69, 9.17) is 14.0 Å². The van der Waals surface area contributed by atoms with Gasteiger partial charge in [0.05, 0.1) is 24.9 Å². The number of aliphatic hydroxyl groups is 1. The summed E-state index contributed by atoms with van der Waals surface area (Å²) in [7, 11) is 1.10. The molecule has 22 heavy (non-hydrogen) atoms. The molecule has 0 unspecified atom stereocenters. The first-order valence-electron chi connectivity index (χ1n) is 7.51. The van der Waals surface area contributed by atoms with Crippen LogP contribution < -0.4 is 4.74 Å². The molecular formula is C17H25BO4. The van der Waals surface area contributed by atoms with E-state index in [1.54, 1.807) is 7.11 Å². The first-order chi connectivity index (χ1) is 10.2. The van der Waals surface area contributed by atoms with Crippen LogP contribution in [0.3, 0.4) is 0 Å². The van der Waals surface area contributed by atoms with E-state index in [1.165, 1.54) is 0 Å². The van der Waals surface area contributed by atoms with Crippen LogP contribution in [0, 0.1) is 6.92 Å². The lowest BCUT2D eigenvalue weighted by Gasteiger charge is -2.32. The highest BCUT2D eigenvalue weighted by Gasteiger charge is 2.52. The van der Waals surface area contributed by atoms with Gasteiger partial charge in [-0.1, -0.05) is 12.1 Å². The molecule has 0 radical (unpaired) electrons. The molecule has 1 N–H and O–H groups in total. The van der Waals surface area contributed by atoms with Gasteiger partial charge in [-0.15, -0.1) is 0 Å². The minimum atomic E-state index is -0.540. The Hall–Kier alpha value is -1.30. The third-order valence-electron chi connectivity index (χ3n) is 4.40. The summed E-state index contributed by atoms with van der Waals surface area (Å²) in [6.45, 7) is 9.88. The summed E-state index contributed by atoms with van der Waals surface area (Å²) >= 11 is 0. The predicted octanol–water partition coefficient (Wildman–Crippen LogP) is 3.01. The van der Waals surface area contributed by atoms with Crippen LogP contribution in [0.5, 0.6) is 5.75 Å². The Morgan fingerprint density at radius 1 is 1.18 bits per heavy atom. The number of aryl methyl sites for hydroxylation is 1. The monoisotopic (exact) mass is 304 g/mol. The molecule has 120 valence electrons. The Morgan fingerprint density at radius 3 is 2.27 bits per heavy atom. The highest BCUT2D eigenvalue weighted by atomic mass is 16.7. The van der Waals surface area contributed by atoms with Gasteiger partial charge in [-0.3, -0.25) is 0 Å². The van der Waals surface area contributed by atoms with Crippen LogP contribution in [0.15, 0.2) is 23.7 Å².